The van der Waals surface area contributed by atoms with Crippen molar-refractivity contribution < 1.29 is 12.8 Å². The van der Waals surface area contributed by atoms with Gasteiger partial charge in [0.2, 0.25) is 0 Å². The van der Waals surface area contributed by atoms with Crippen molar-refractivity contribution in [1.29, 1.82) is 0 Å². The first-order chi connectivity index (χ1) is 6.40. The van der Waals surface area contributed by atoms with E-state index in [2.05, 4.69) is 0 Å². The Bertz CT molecular complexity index is 463. The Morgan fingerprint density at radius 2 is 1.79 bits per heavy atom. The Hall–Kier alpha value is -0.400. The van der Waals surface area contributed by atoms with Crippen molar-refractivity contribution in [2.24, 2.45) is 5.84 Å². The number of nitrogens with two attached hydrogens (primary N) is 1. The van der Waals surface area contributed by atoms with E-state index in [9.17, 15) is 12.8 Å². The van der Waals surface area contributed by atoms with Crippen LogP contribution in [0.5, 0.6) is 0 Å². The predicted octanol–water partition coefficient (Wildman–Crippen LogP) is 1.28. The lowest BCUT2D eigenvalue weighted by Gasteiger charge is -2.06. The lowest BCUT2D eigenvalue weighted by molar-refractivity contribution is 0.559. The number of nitrogens with one attached hydrogen (secondary N) is 1. The van der Waals surface area contributed by atoms with Crippen LogP contribution in [0.1, 0.15) is 0 Å². The second kappa shape index (κ2) is 4.00. The van der Waals surface area contributed by atoms with Gasteiger partial charge >= 0.3 is 0 Å². The minimum atomic E-state index is -4.15. The summed E-state index contributed by atoms with van der Waals surface area (Å²) in [6.07, 6.45) is 0. The van der Waals surface area contributed by atoms with E-state index in [1.165, 1.54) is 4.83 Å². The molecule has 0 aliphatic carbocycles. The van der Waals surface area contributed by atoms with Crippen molar-refractivity contribution >= 4 is 33.2 Å². The highest BCUT2D eigenvalue weighted by Crippen LogP contribution is 2.28. The molecule has 1 rings (SSSR count). The molecule has 0 amide bonds. The zero-order chi connectivity index (χ0) is 10.9. The third-order valence-corrected chi connectivity index (χ3v) is 3.39. The monoisotopic (exact) mass is 258 g/mol. The number of hydrogen-bond acceptors (Lipinski definition) is 3. The average Bonchev–Trinajstić information content (AvgIpc) is 2.12. The number of benzene rings is 1. The molecule has 0 aromatic heterocycles. The maximum absolute atomic E-state index is 13.3. The van der Waals surface area contributed by atoms with Crippen molar-refractivity contribution in [3.8, 4) is 0 Å². The fourth-order valence-electron chi connectivity index (χ4n) is 0.814. The van der Waals surface area contributed by atoms with Crippen molar-refractivity contribution in [2.75, 3.05) is 0 Å². The van der Waals surface area contributed by atoms with E-state index in [0.717, 1.165) is 12.1 Å². The van der Waals surface area contributed by atoms with Crippen LogP contribution in [-0.4, -0.2) is 8.42 Å². The molecule has 1 aromatic rings. The van der Waals surface area contributed by atoms with Gasteiger partial charge in [0.05, 0.1) is 10.0 Å². The molecular weight excluding hydrogens is 254 g/mol. The normalized spacial score (nSPS) is 11.7. The molecule has 0 fully saturated rings. The van der Waals surface area contributed by atoms with Gasteiger partial charge in [-0.2, -0.15) is 0 Å². The molecule has 3 N–H and O–H groups in total. The third kappa shape index (κ3) is 1.99. The number of hydrazine groups is 1. The lowest BCUT2D eigenvalue weighted by Crippen LogP contribution is -2.31. The van der Waals surface area contributed by atoms with Gasteiger partial charge in [-0.1, -0.05) is 23.2 Å². The molecule has 14 heavy (non-hydrogen) atoms. The Kier molecular flexibility index (Phi) is 3.33. The molecule has 0 bridgehead atoms. The molecule has 0 unspecified atom stereocenters. The lowest BCUT2D eigenvalue weighted by atomic mass is 10.3. The molecule has 0 aliphatic heterocycles. The number of halogens is 3. The quantitative estimate of drug-likeness (QED) is 0.477. The molecule has 0 heterocycles. The summed E-state index contributed by atoms with van der Waals surface area (Å²) < 4.78 is 35.6. The maximum atomic E-state index is 13.3. The first-order valence-corrected chi connectivity index (χ1v) is 5.50. The van der Waals surface area contributed by atoms with Crippen LogP contribution < -0.4 is 10.7 Å². The van der Waals surface area contributed by atoms with Crippen LogP contribution in [0.4, 0.5) is 4.39 Å². The van der Waals surface area contributed by atoms with Gasteiger partial charge in [0.1, 0.15) is 4.90 Å². The second-order valence-corrected chi connectivity index (χ2v) is 4.76. The Labute approximate surface area is 89.8 Å². The highest BCUT2D eigenvalue weighted by molar-refractivity contribution is 7.89. The van der Waals surface area contributed by atoms with Gasteiger partial charge in [-0.05, 0) is 12.1 Å². The topological polar surface area (TPSA) is 72.2 Å². The van der Waals surface area contributed by atoms with E-state index < -0.39 is 20.7 Å². The Morgan fingerprint density at radius 1 is 1.29 bits per heavy atom. The fourth-order valence-corrected chi connectivity index (χ4v) is 2.27. The van der Waals surface area contributed by atoms with Gasteiger partial charge in [0.15, 0.2) is 5.82 Å². The SMILES string of the molecule is NNS(=O)(=O)c1c(Cl)ccc(Cl)c1F. The van der Waals surface area contributed by atoms with Gasteiger partial charge in [-0.3, -0.25) is 5.84 Å². The van der Waals surface area contributed by atoms with Crippen molar-refractivity contribution in [2.45, 2.75) is 4.90 Å². The van der Waals surface area contributed by atoms with Crippen LogP contribution >= 0.6 is 23.2 Å². The van der Waals surface area contributed by atoms with Gasteiger partial charge in [-0.15, -0.1) is 4.83 Å². The Balaban J connectivity index is 3.56. The summed E-state index contributed by atoms with van der Waals surface area (Å²) in [6, 6.07) is 2.31. The molecule has 0 spiro atoms. The fraction of sp³-hybridized carbons (Fsp3) is 0. The van der Waals surface area contributed by atoms with Crippen LogP contribution in [0.3, 0.4) is 0 Å². The summed E-state index contributed by atoms with van der Waals surface area (Å²) in [5, 5.41) is -0.631. The zero-order valence-corrected chi connectivity index (χ0v) is 8.92. The van der Waals surface area contributed by atoms with E-state index >= 15 is 0 Å². The van der Waals surface area contributed by atoms with Crippen LogP contribution in [-0.2, 0) is 10.0 Å². The van der Waals surface area contributed by atoms with Gasteiger partial charge in [0, 0.05) is 0 Å². The smallest absolute Gasteiger partial charge is 0.257 e. The van der Waals surface area contributed by atoms with Crippen molar-refractivity contribution in [3.05, 3.63) is 28.0 Å². The van der Waals surface area contributed by atoms with E-state index in [4.69, 9.17) is 29.0 Å². The Morgan fingerprint density at radius 3 is 2.29 bits per heavy atom. The van der Waals surface area contributed by atoms with Gasteiger partial charge < -0.3 is 0 Å². The summed E-state index contributed by atoms with van der Waals surface area (Å²) in [7, 11) is -4.15. The molecule has 0 aliphatic rings. The third-order valence-electron chi connectivity index (χ3n) is 1.43. The first-order valence-electron chi connectivity index (χ1n) is 3.26. The van der Waals surface area contributed by atoms with Crippen LogP contribution in [0, 0.1) is 5.82 Å². The maximum Gasteiger partial charge on any atom is 0.257 e. The molecule has 0 atom stereocenters. The van der Waals surface area contributed by atoms with Crippen LogP contribution in [0.25, 0.3) is 0 Å². The second-order valence-electron chi connectivity index (χ2n) is 2.29. The molecule has 0 saturated carbocycles. The van der Waals surface area contributed by atoms with E-state index in [1.54, 1.807) is 0 Å². The summed E-state index contributed by atoms with van der Waals surface area (Å²) in [5.41, 5.74) is 0. The summed E-state index contributed by atoms with van der Waals surface area (Å²) in [5.74, 6) is 3.59. The highest BCUT2D eigenvalue weighted by Gasteiger charge is 2.23. The molecule has 4 nitrogen and oxygen atoms in total. The standard InChI is InChI=1S/C6H5Cl2FN2O2S/c7-3-1-2-4(8)6(5(3)9)14(12,13)11-10/h1-2,11H,10H2. The first kappa shape index (κ1) is 11.7. The van der Waals surface area contributed by atoms with E-state index in [0.29, 0.717) is 0 Å². The average molecular weight is 259 g/mol. The van der Waals surface area contributed by atoms with Gasteiger partial charge in [-0.25, -0.2) is 12.8 Å². The largest absolute Gasteiger partial charge is 0.257 e. The molecule has 0 radical (unpaired) electrons. The van der Waals surface area contributed by atoms with Crippen LogP contribution in [0.15, 0.2) is 17.0 Å². The summed E-state index contributed by atoms with van der Waals surface area (Å²) in [4.78, 5) is 0.700. The number of sulfonamides is 1. The van der Waals surface area contributed by atoms with Crippen molar-refractivity contribution in [1.82, 2.24) is 4.83 Å². The minimum absolute atomic E-state index is 0.287. The zero-order valence-electron chi connectivity index (χ0n) is 6.59. The van der Waals surface area contributed by atoms with Gasteiger partial charge in [0.25, 0.3) is 10.0 Å². The van der Waals surface area contributed by atoms with E-state index in [-0.39, 0.29) is 10.0 Å². The number of rotatable bonds is 2. The molecule has 8 heteroatoms. The van der Waals surface area contributed by atoms with Crippen LogP contribution in [0.2, 0.25) is 10.0 Å². The molecule has 1 aromatic carbocycles. The summed E-state index contributed by atoms with van der Waals surface area (Å²) in [6.45, 7) is 0. The van der Waals surface area contributed by atoms with Crippen molar-refractivity contribution in [3.63, 3.8) is 0 Å². The minimum Gasteiger partial charge on any atom is -0.257 e. The molecular formula is C6H5Cl2FN2O2S. The van der Waals surface area contributed by atoms with E-state index in [1.807, 2.05) is 0 Å². The predicted molar refractivity (Wildman–Crippen MR) is 50.9 cm³/mol. The molecule has 0 saturated heterocycles. The highest BCUT2D eigenvalue weighted by atomic mass is 35.5. The molecule has 78 valence electrons. The summed E-state index contributed by atoms with van der Waals surface area (Å²) >= 11 is 10.9. The number of hydrogen-bond donors (Lipinski definition) is 2.